The lowest BCUT2D eigenvalue weighted by Gasteiger charge is -2.11. The summed E-state index contributed by atoms with van der Waals surface area (Å²) in [5.41, 5.74) is 0.845. The summed E-state index contributed by atoms with van der Waals surface area (Å²) in [5, 5.41) is 2.49. The molecule has 1 amide bonds. The molecule has 0 spiro atoms. The van der Waals surface area contributed by atoms with Crippen molar-refractivity contribution < 1.29 is 9.18 Å². The number of halogens is 3. The number of carbonyl (C=O) groups is 1. The topological polar surface area (TPSA) is 29.1 Å². The maximum atomic E-state index is 13.6. The number of hydrogen-bond acceptors (Lipinski definition) is 1. The molecule has 0 fully saturated rings. The molecule has 0 heterocycles. The van der Waals surface area contributed by atoms with E-state index in [0.29, 0.717) is 0 Å². The Bertz CT molecular complexity index is 604. The van der Waals surface area contributed by atoms with Gasteiger partial charge in [0.2, 0.25) is 0 Å². The van der Waals surface area contributed by atoms with E-state index < -0.39 is 11.7 Å². The SMILES string of the molecule is O=C(NCC(Cl)c1ccccc1)c1ccc(Cl)cc1F. The van der Waals surface area contributed by atoms with Gasteiger partial charge in [0.05, 0.1) is 10.9 Å². The molecule has 0 aliphatic rings. The predicted octanol–water partition coefficient (Wildman–Crippen LogP) is 4.19. The van der Waals surface area contributed by atoms with E-state index in [0.717, 1.165) is 11.6 Å². The van der Waals surface area contributed by atoms with Gasteiger partial charge in [-0.1, -0.05) is 41.9 Å². The molecule has 104 valence electrons. The molecule has 0 aliphatic carbocycles. The van der Waals surface area contributed by atoms with E-state index in [9.17, 15) is 9.18 Å². The highest BCUT2D eigenvalue weighted by Gasteiger charge is 2.14. The van der Waals surface area contributed by atoms with Crippen molar-refractivity contribution in [3.8, 4) is 0 Å². The van der Waals surface area contributed by atoms with E-state index >= 15 is 0 Å². The first-order valence-electron chi connectivity index (χ1n) is 6.00. The van der Waals surface area contributed by atoms with Crippen LogP contribution < -0.4 is 5.32 Å². The highest BCUT2D eigenvalue weighted by molar-refractivity contribution is 6.30. The number of hydrogen-bond donors (Lipinski definition) is 1. The van der Waals surface area contributed by atoms with Crippen LogP contribution in [0.1, 0.15) is 21.3 Å². The highest BCUT2D eigenvalue weighted by Crippen LogP contribution is 2.19. The highest BCUT2D eigenvalue weighted by atomic mass is 35.5. The largest absolute Gasteiger partial charge is 0.350 e. The summed E-state index contributed by atoms with van der Waals surface area (Å²) < 4.78 is 13.6. The fraction of sp³-hybridized carbons (Fsp3) is 0.133. The van der Waals surface area contributed by atoms with Crippen LogP contribution in [-0.2, 0) is 0 Å². The van der Waals surface area contributed by atoms with Crippen LogP contribution in [0.4, 0.5) is 4.39 Å². The van der Waals surface area contributed by atoms with E-state index in [2.05, 4.69) is 5.32 Å². The lowest BCUT2D eigenvalue weighted by atomic mass is 10.1. The van der Waals surface area contributed by atoms with Gasteiger partial charge in [0, 0.05) is 11.6 Å². The van der Waals surface area contributed by atoms with Gasteiger partial charge < -0.3 is 5.32 Å². The number of alkyl halides is 1. The van der Waals surface area contributed by atoms with E-state index in [1.807, 2.05) is 30.3 Å². The fourth-order valence-corrected chi connectivity index (χ4v) is 2.11. The van der Waals surface area contributed by atoms with Crippen LogP contribution in [0.2, 0.25) is 5.02 Å². The van der Waals surface area contributed by atoms with Crippen molar-refractivity contribution in [2.24, 2.45) is 0 Å². The van der Waals surface area contributed by atoms with Crippen LogP contribution in [0.3, 0.4) is 0 Å². The Balaban J connectivity index is 1.99. The molecule has 2 nitrogen and oxygen atoms in total. The minimum absolute atomic E-state index is 0.0497. The average molecular weight is 312 g/mol. The number of amides is 1. The van der Waals surface area contributed by atoms with Gasteiger partial charge in [-0.05, 0) is 23.8 Å². The molecule has 0 radical (unpaired) electrons. The fourth-order valence-electron chi connectivity index (χ4n) is 1.73. The Morgan fingerprint density at radius 3 is 2.55 bits per heavy atom. The van der Waals surface area contributed by atoms with Crippen LogP contribution in [0.15, 0.2) is 48.5 Å². The number of carbonyl (C=O) groups excluding carboxylic acids is 1. The number of benzene rings is 2. The Morgan fingerprint density at radius 1 is 1.20 bits per heavy atom. The van der Waals surface area contributed by atoms with Crippen LogP contribution in [0.5, 0.6) is 0 Å². The van der Waals surface area contributed by atoms with Crippen molar-refractivity contribution in [3.63, 3.8) is 0 Å². The zero-order valence-electron chi connectivity index (χ0n) is 10.4. The molecule has 0 aliphatic heterocycles. The molecular formula is C15H12Cl2FNO. The molecule has 1 atom stereocenters. The van der Waals surface area contributed by atoms with Crippen molar-refractivity contribution in [1.29, 1.82) is 0 Å². The summed E-state index contributed by atoms with van der Waals surface area (Å²) >= 11 is 11.8. The maximum absolute atomic E-state index is 13.6. The second-order valence-corrected chi connectivity index (χ2v) is 5.18. The van der Waals surface area contributed by atoms with E-state index in [1.54, 1.807) is 0 Å². The normalized spacial score (nSPS) is 11.9. The van der Waals surface area contributed by atoms with Crippen LogP contribution in [0, 0.1) is 5.82 Å². The molecule has 2 aromatic carbocycles. The van der Waals surface area contributed by atoms with Gasteiger partial charge in [-0.15, -0.1) is 11.6 Å². The standard InChI is InChI=1S/C15H12Cl2FNO/c16-11-6-7-12(14(18)8-11)15(20)19-9-13(17)10-4-2-1-3-5-10/h1-8,13H,9H2,(H,19,20). The maximum Gasteiger partial charge on any atom is 0.254 e. The molecular weight excluding hydrogens is 300 g/mol. The van der Waals surface area contributed by atoms with Crippen LogP contribution in [-0.4, -0.2) is 12.5 Å². The van der Waals surface area contributed by atoms with Crippen molar-refractivity contribution in [1.82, 2.24) is 5.32 Å². The van der Waals surface area contributed by atoms with Gasteiger partial charge in [-0.3, -0.25) is 4.79 Å². The first-order valence-corrected chi connectivity index (χ1v) is 6.81. The van der Waals surface area contributed by atoms with Crippen molar-refractivity contribution >= 4 is 29.1 Å². The minimum Gasteiger partial charge on any atom is -0.350 e. The summed E-state index contributed by atoms with van der Waals surface area (Å²) in [6.07, 6.45) is 0. The molecule has 20 heavy (non-hydrogen) atoms. The molecule has 1 N–H and O–H groups in total. The van der Waals surface area contributed by atoms with Crippen LogP contribution in [0.25, 0.3) is 0 Å². The summed E-state index contributed by atoms with van der Waals surface area (Å²) in [4.78, 5) is 11.9. The Hall–Kier alpha value is -1.58. The molecule has 0 saturated heterocycles. The van der Waals surface area contributed by atoms with Crippen molar-refractivity contribution in [3.05, 3.63) is 70.5 Å². The lowest BCUT2D eigenvalue weighted by Crippen LogP contribution is -2.27. The zero-order valence-corrected chi connectivity index (χ0v) is 12.0. The van der Waals surface area contributed by atoms with Crippen molar-refractivity contribution in [2.75, 3.05) is 6.54 Å². The average Bonchev–Trinajstić information content (AvgIpc) is 2.45. The smallest absolute Gasteiger partial charge is 0.254 e. The van der Waals surface area contributed by atoms with E-state index in [4.69, 9.17) is 23.2 Å². The van der Waals surface area contributed by atoms with E-state index in [-0.39, 0.29) is 22.5 Å². The summed E-state index contributed by atoms with van der Waals surface area (Å²) in [6, 6.07) is 13.3. The Labute approximate surface area is 126 Å². The molecule has 2 rings (SSSR count). The van der Waals surface area contributed by atoms with Gasteiger partial charge in [0.15, 0.2) is 0 Å². The number of nitrogens with one attached hydrogen (secondary N) is 1. The lowest BCUT2D eigenvalue weighted by molar-refractivity contribution is 0.0949. The molecule has 0 saturated carbocycles. The second kappa shape index (κ2) is 6.73. The van der Waals surface area contributed by atoms with Crippen molar-refractivity contribution in [2.45, 2.75) is 5.38 Å². The van der Waals surface area contributed by atoms with Gasteiger partial charge in [-0.2, -0.15) is 0 Å². The molecule has 0 bridgehead atoms. The summed E-state index contributed by atoms with van der Waals surface area (Å²) in [6.45, 7) is 0.215. The van der Waals surface area contributed by atoms with Gasteiger partial charge in [-0.25, -0.2) is 4.39 Å². The van der Waals surface area contributed by atoms with Gasteiger partial charge >= 0.3 is 0 Å². The quantitative estimate of drug-likeness (QED) is 0.843. The summed E-state index contributed by atoms with van der Waals surface area (Å²) in [5.74, 6) is -1.17. The van der Waals surface area contributed by atoms with Gasteiger partial charge in [0.1, 0.15) is 5.82 Å². The molecule has 1 unspecified atom stereocenters. The third-order valence-corrected chi connectivity index (χ3v) is 3.42. The third-order valence-electron chi connectivity index (χ3n) is 2.78. The Kier molecular flexibility index (Phi) is 4.99. The monoisotopic (exact) mass is 311 g/mol. The molecule has 5 heteroatoms. The van der Waals surface area contributed by atoms with E-state index in [1.165, 1.54) is 12.1 Å². The summed E-state index contributed by atoms with van der Waals surface area (Å²) in [7, 11) is 0. The third kappa shape index (κ3) is 3.71. The zero-order chi connectivity index (χ0) is 14.5. The Morgan fingerprint density at radius 2 is 1.90 bits per heavy atom. The van der Waals surface area contributed by atoms with Gasteiger partial charge in [0.25, 0.3) is 5.91 Å². The first-order chi connectivity index (χ1) is 9.58. The minimum atomic E-state index is -0.652. The van der Waals surface area contributed by atoms with Crippen LogP contribution >= 0.6 is 23.2 Å². The molecule has 0 aromatic heterocycles. The second-order valence-electron chi connectivity index (χ2n) is 4.21. The first kappa shape index (κ1) is 14.8. The predicted molar refractivity (Wildman–Crippen MR) is 78.8 cm³/mol. The number of rotatable bonds is 4. The molecule has 2 aromatic rings.